The second kappa shape index (κ2) is 7.18. The van der Waals surface area contributed by atoms with E-state index in [2.05, 4.69) is 44.4 Å². The van der Waals surface area contributed by atoms with E-state index >= 15 is 0 Å². The van der Waals surface area contributed by atoms with Crippen molar-refractivity contribution in [1.29, 1.82) is 0 Å². The summed E-state index contributed by atoms with van der Waals surface area (Å²) in [4.78, 5) is 16.8. The Labute approximate surface area is 161 Å². The lowest BCUT2D eigenvalue weighted by molar-refractivity contribution is -0.141. The lowest BCUT2D eigenvalue weighted by atomic mass is 10.2. The molecule has 0 aromatic carbocycles. The predicted molar refractivity (Wildman–Crippen MR) is 99.7 cm³/mol. The van der Waals surface area contributed by atoms with Crippen LogP contribution in [0.2, 0.25) is 0 Å². The zero-order chi connectivity index (χ0) is 19.9. The first kappa shape index (κ1) is 18.9. The summed E-state index contributed by atoms with van der Waals surface area (Å²) in [5, 5.41) is 6.53. The Morgan fingerprint density at radius 1 is 0.857 bits per heavy atom. The first-order valence-corrected chi connectivity index (χ1v) is 9.63. The molecular formula is C19H23F3N6. The second-order valence-electron chi connectivity index (χ2n) is 7.75. The molecule has 2 aliphatic carbocycles. The van der Waals surface area contributed by atoms with Gasteiger partial charge in [-0.1, -0.05) is 6.07 Å². The minimum atomic E-state index is -4.52. The van der Waals surface area contributed by atoms with Gasteiger partial charge in [-0.2, -0.15) is 28.1 Å². The third-order valence-electron chi connectivity index (χ3n) is 5.28. The van der Waals surface area contributed by atoms with Gasteiger partial charge in [0.25, 0.3) is 0 Å². The van der Waals surface area contributed by atoms with E-state index < -0.39 is 11.9 Å². The lowest BCUT2D eigenvalue weighted by Gasteiger charge is -2.17. The van der Waals surface area contributed by atoms with Gasteiger partial charge < -0.3 is 10.6 Å². The van der Waals surface area contributed by atoms with E-state index in [0.717, 1.165) is 31.7 Å². The van der Waals surface area contributed by atoms with Gasteiger partial charge in [-0.05, 0) is 63.5 Å². The number of pyridine rings is 1. The van der Waals surface area contributed by atoms with Crippen molar-refractivity contribution in [2.45, 2.75) is 57.8 Å². The van der Waals surface area contributed by atoms with Crippen molar-refractivity contribution in [2.75, 3.05) is 10.6 Å². The molecule has 2 heterocycles. The van der Waals surface area contributed by atoms with E-state index in [0.29, 0.717) is 23.7 Å². The van der Waals surface area contributed by atoms with Crippen LogP contribution in [0.4, 0.5) is 25.1 Å². The molecule has 9 heteroatoms. The first-order chi connectivity index (χ1) is 13.3. The highest BCUT2D eigenvalue weighted by Crippen LogP contribution is 2.35. The van der Waals surface area contributed by atoms with Gasteiger partial charge in [-0.25, -0.2) is 4.98 Å². The first-order valence-electron chi connectivity index (χ1n) is 9.63. The van der Waals surface area contributed by atoms with Crippen molar-refractivity contribution in [3.05, 3.63) is 23.9 Å². The Kier molecular flexibility index (Phi) is 4.84. The van der Waals surface area contributed by atoms with Crippen LogP contribution in [0.3, 0.4) is 0 Å². The SMILES string of the molecule is CC(Nc1nc(NC(C)C2CC2)nc(-c2cccc(C(F)(F)F)n2)n1)C1CC1. The van der Waals surface area contributed by atoms with Crippen LogP contribution in [0.1, 0.15) is 45.2 Å². The number of halogens is 3. The summed E-state index contributed by atoms with van der Waals surface area (Å²) in [7, 11) is 0. The number of nitrogens with zero attached hydrogens (tertiary/aromatic N) is 4. The minimum absolute atomic E-state index is 0.0708. The molecule has 0 saturated heterocycles. The molecule has 2 aromatic heterocycles. The molecular weight excluding hydrogens is 369 g/mol. The Bertz CT molecular complexity index is 810. The van der Waals surface area contributed by atoms with Crippen LogP contribution >= 0.6 is 0 Å². The fourth-order valence-electron chi connectivity index (χ4n) is 3.17. The Hall–Kier alpha value is -2.45. The standard InChI is InChI=1S/C19H23F3N6/c1-10(12-6-7-12)23-17-26-16(14-4-3-5-15(25-14)19(20,21)22)27-18(28-17)24-11(2)13-8-9-13/h3-5,10-13H,6-9H2,1-2H3,(H2,23,24,26,27,28). The fraction of sp³-hybridized carbons (Fsp3) is 0.579. The number of alkyl halides is 3. The number of nitrogens with one attached hydrogen (secondary N) is 2. The quantitative estimate of drug-likeness (QED) is 0.729. The smallest absolute Gasteiger partial charge is 0.351 e. The summed E-state index contributed by atoms with van der Waals surface area (Å²) < 4.78 is 39.1. The second-order valence-corrected chi connectivity index (χ2v) is 7.75. The van der Waals surface area contributed by atoms with Gasteiger partial charge >= 0.3 is 6.18 Å². The molecule has 0 aliphatic heterocycles. The molecule has 4 rings (SSSR count). The molecule has 2 unspecified atom stereocenters. The molecule has 2 atom stereocenters. The third-order valence-corrected chi connectivity index (χ3v) is 5.28. The number of hydrogen-bond acceptors (Lipinski definition) is 6. The molecule has 0 spiro atoms. The Balaban J connectivity index is 1.66. The van der Waals surface area contributed by atoms with Crippen LogP contribution in [0, 0.1) is 11.8 Å². The molecule has 2 aromatic rings. The lowest BCUT2D eigenvalue weighted by Crippen LogP contribution is -2.23. The Morgan fingerprint density at radius 3 is 1.86 bits per heavy atom. The molecule has 2 fully saturated rings. The summed E-state index contributed by atoms with van der Waals surface area (Å²) in [6.45, 7) is 4.12. The van der Waals surface area contributed by atoms with Crippen molar-refractivity contribution in [3.63, 3.8) is 0 Å². The van der Waals surface area contributed by atoms with Crippen LogP contribution in [-0.2, 0) is 6.18 Å². The largest absolute Gasteiger partial charge is 0.433 e. The van der Waals surface area contributed by atoms with Gasteiger partial charge in [-0.15, -0.1) is 0 Å². The molecule has 6 nitrogen and oxygen atoms in total. The van der Waals surface area contributed by atoms with Gasteiger partial charge in [0.2, 0.25) is 11.9 Å². The van der Waals surface area contributed by atoms with E-state index in [1.165, 1.54) is 12.1 Å². The fourth-order valence-corrected chi connectivity index (χ4v) is 3.17. The van der Waals surface area contributed by atoms with Gasteiger partial charge in [0.1, 0.15) is 11.4 Å². The molecule has 2 aliphatic rings. The number of rotatable bonds is 7. The van der Waals surface area contributed by atoms with Gasteiger partial charge in [0.15, 0.2) is 5.82 Å². The number of anilines is 2. The van der Waals surface area contributed by atoms with Gasteiger partial charge in [0, 0.05) is 12.1 Å². The third kappa shape index (κ3) is 4.51. The summed E-state index contributed by atoms with van der Waals surface area (Å²) in [6, 6.07) is 4.12. The van der Waals surface area contributed by atoms with Crippen molar-refractivity contribution in [1.82, 2.24) is 19.9 Å². The zero-order valence-electron chi connectivity index (χ0n) is 15.8. The van der Waals surface area contributed by atoms with Crippen molar-refractivity contribution in [3.8, 4) is 11.5 Å². The minimum Gasteiger partial charge on any atom is -0.351 e. The van der Waals surface area contributed by atoms with E-state index in [4.69, 9.17) is 0 Å². The average molecular weight is 392 g/mol. The molecule has 150 valence electrons. The molecule has 28 heavy (non-hydrogen) atoms. The normalized spacial score (nSPS) is 19.2. The van der Waals surface area contributed by atoms with Crippen molar-refractivity contribution < 1.29 is 13.2 Å². The van der Waals surface area contributed by atoms with Crippen LogP contribution in [0.15, 0.2) is 18.2 Å². The van der Waals surface area contributed by atoms with Crippen molar-refractivity contribution >= 4 is 11.9 Å². The van der Waals surface area contributed by atoms with E-state index in [9.17, 15) is 13.2 Å². The topological polar surface area (TPSA) is 75.6 Å². The number of aromatic nitrogens is 4. The van der Waals surface area contributed by atoms with E-state index in [-0.39, 0.29) is 23.6 Å². The maximum absolute atomic E-state index is 13.0. The summed E-state index contributed by atoms with van der Waals surface area (Å²) in [5.41, 5.74) is -0.895. The monoisotopic (exact) mass is 392 g/mol. The predicted octanol–water partition coefficient (Wildman–Crippen LogP) is 4.37. The summed E-state index contributed by atoms with van der Waals surface area (Å²) in [5.74, 6) is 1.99. The maximum atomic E-state index is 13.0. The molecule has 0 radical (unpaired) electrons. The molecule has 2 N–H and O–H groups in total. The zero-order valence-corrected chi connectivity index (χ0v) is 15.8. The Morgan fingerprint density at radius 2 is 1.39 bits per heavy atom. The summed E-state index contributed by atoms with van der Waals surface area (Å²) >= 11 is 0. The van der Waals surface area contributed by atoms with Crippen LogP contribution in [0.25, 0.3) is 11.5 Å². The van der Waals surface area contributed by atoms with Crippen LogP contribution in [0.5, 0.6) is 0 Å². The maximum Gasteiger partial charge on any atom is 0.433 e. The summed E-state index contributed by atoms with van der Waals surface area (Å²) in [6.07, 6.45) is 0.110. The molecule has 2 saturated carbocycles. The van der Waals surface area contributed by atoms with Crippen molar-refractivity contribution in [2.24, 2.45) is 11.8 Å². The van der Waals surface area contributed by atoms with E-state index in [1.54, 1.807) is 0 Å². The molecule has 0 bridgehead atoms. The van der Waals surface area contributed by atoms with Crippen LogP contribution < -0.4 is 10.6 Å². The van der Waals surface area contributed by atoms with Gasteiger partial charge in [-0.3, -0.25) is 0 Å². The highest BCUT2D eigenvalue weighted by Gasteiger charge is 2.33. The highest BCUT2D eigenvalue weighted by atomic mass is 19.4. The van der Waals surface area contributed by atoms with E-state index in [1.807, 2.05) is 0 Å². The van der Waals surface area contributed by atoms with Gasteiger partial charge in [0.05, 0.1) is 0 Å². The number of hydrogen-bond donors (Lipinski definition) is 2. The molecule has 0 amide bonds. The average Bonchev–Trinajstić information content (AvgIpc) is 3.53. The van der Waals surface area contributed by atoms with Crippen LogP contribution in [-0.4, -0.2) is 32.0 Å². The highest BCUT2D eigenvalue weighted by molar-refractivity contribution is 5.54.